The molecule has 0 aliphatic heterocycles. The molecule has 0 saturated heterocycles. The molecule has 0 radical (unpaired) electrons. The lowest BCUT2D eigenvalue weighted by Gasteiger charge is -2.09. The number of benzene rings is 2. The first-order chi connectivity index (χ1) is 12.2. The zero-order chi connectivity index (χ0) is 17.6. The smallest absolute Gasteiger partial charge is 0.280 e. The molecule has 0 fully saturated rings. The lowest BCUT2D eigenvalue weighted by molar-refractivity contribution is 0.101. The monoisotopic (exact) mass is 337 g/mol. The Morgan fingerprint density at radius 3 is 2.68 bits per heavy atom. The van der Waals surface area contributed by atoms with Crippen LogP contribution in [0.1, 0.15) is 30.1 Å². The fraction of sp³-hybridized carbons (Fsp3) is 0.211. The molecule has 0 aliphatic carbocycles. The van der Waals surface area contributed by atoms with Gasteiger partial charge in [0.05, 0.1) is 17.5 Å². The average Bonchev–Trinajstić information content (AvgIpc) is 2.65. The van der Waals surface area contributed by atoms with Crippen molar-refractivity contribution in [3.05, 3.63) is 70.8 Å². The van der Waals surface area contributed by atoms with Crippen LogP contribution in [-0.4, -0.2) is 22.2 Å². The maximum absolute atomic E-state index is 12.4. The van der Waals surface area contributed by atoms with Gasteiger partial charge in [0.1, 0.15) is 12.1 Å². The number of fused-ring (bicyclic) bond motifs is 1. The molecule has 0 unspecified atom stereocenters. The van der Waals surface area contributed by atoms with E-state index in [4.69, 9.17) is 4.74 Å². The van der Waals surface area contributed by atoms with Crippen LogP contribution in [0.25, 0.3) is 10.9 Å². The van der Waals surface area contributed by atoms with E-state index in [0.29, 0.717) is 23.1 Å². The van der Waals surface area contributed by atoms with Gasteiger partial charge in [0.15, 0.2) is 0 Å². The van der Waals surface area contributed by atoms with Gasteiger partial charge in [0.2, 0.25) is 0 Å². The summed E-state index contributed by atoms with van der Waals surface area (Å²) in [5, 5.41) is 0.449. The molecule has 1 N–H and O–H groups in total. The van der Waals surface area contributed by atoms with Crippen LogP contribution >= 0.6 is 0 Å². The number of hydrogen-bond acceptors (Lipinski definition) is 4. The van der Waals surface area contributed by atoms with E-state index >= 15 is 0 Å². The fourth-order valence-corrected chi connectivity index (χ4v) is 2.36. The van der Waals surface area contributed by atoms with Crippen LogP contribution in [0.3, 0.4) is 0 Å². The van der Waals surface area contributed by atoms with Crippen LogP contribution in [0.5, 0.6) is 5.75 Å². The molecule has 3 rings (SSSR count). The van der Waals surface area contributed by atoms with Gasteiger partial charge in [0.25, 0.3) is 11.5 Å². The number of nitrogens with zero attached hydrogens (tertiary/aromatic N) is 2. The minimum absolute atomic E-state index is 0.321. The van der Waals surface area contributed by atoms with E-state index in [2.05, 4.69) is 17.3 Å². The molecule has 0 spiro atoms. The molecule has 0 bridgehead atoms. The predicted octanol–water partition coefficient (Wildman–Crippen LogP) is 2.96. The third-order valence-electron chi connectivity index (χ3n) is 3.77. The Kier molecular flexibility index (Phi) is 5.09. The summed E-state index contributed by atoms with van der Waals surface area (Å²) in [5.74, 6) is 0.328. The Balaban J connectivity index is 1.74. The first kappa shape index (κ1) is 16.7. The zero-order valence-electron chi connectivity index (χ0n) is 13.9. The van der Waals surface area contributed by atoms with E-state index in [1.54, 1.807) is 42.5 Å². The first-order valence-electron chi connectivity index (χ1n) is 8.19. The highest BCUT2D eigenvalue weighted by atomic mass is 16.5. The maximum Gasteiger partial charge on any atom is 0.280 e. The van der Waals surface area contributed by atoms with E-state index in [1.807, 2.05) is 6.07 Å². The number of aromatic nitrogens is 2. The van der Waals surface area contributed by atoms with E-state index in [9.17, 15) is 9.59 Å². The molecule has 6 heteroatoms. The third kappa shape index (κ3) is 3.85. The van der Waals surface area contributed by atoms with Crippen molar-refractivity contribution in [1.82, 2.24) is 9.66 Å². The highest BCUT2D eigenvalue weighted by Crippen LogP contribution is 2.13. The molecule has 128 valence electrons. The van der Waals surface area contributed by atoms with Crippen molar-refractivity contribution in [2.24, 2.45) is 0 Å². The normalized spacial score (nSPS) is 10.6. The van der Waals surface area contributed by atoms with E-state index in [0.717, 1.165) is 23.3 Å². The van der Waals surface area contributed by atoms with Gasteiger partial charge in [-0.3, -0.25) is 15.0 Å². The number of hydrogen-bond donors (Lipinski definition) is 1. The van der Waals surface area contributed by atoms with Gasteiger partial charge < -0.3 is 4.74 Å². The van der Waals surface area contributed by atoms with Crippen LogP contribution < -0.4 is 15.7 Å². The number of unbranched alkanes of at least 4 members (excludes halogenated alkanes) is 1. The Morgan fingerprint density at radius 2 is 1.92 bits per heavy atom. The van der Waals surface area contributed by atoms with Gasteiger partial charge in [0, 0.05) is 5.56 Å². The van der Waals surface area contributed by atoms with Crippen molar-refractivity contribution in [3.8, 4) is 5.75 Å². The number of rotatable bonds is 6. The molecule has 3 aromatic rings. The van der Waals surface area contributed by atoms with Crippen molar-refractivity contribution in [3.63, 3.8) is 0 Å². The summed E-state index contributed by atoms with van der Waals surface area (Å²) in [6, 6.07) is 13.8. The van der Waals surface area contributed by atoms with Crippen LogP contribution in [0.2, 0.25) is 0 Å². The van der Waals surface area contributed by atoms with Crippen molar-refractivity contribution < 1.29 is 9.53 Å². The lowest BCUT2D eigenvalue weighted by Crippen LogP contribution is -2.33. The zero-order valence-corrected chi connectivity index (χ0v) is 13.9. The van der Waals surface area contributed by atoms with Crippen LogP contribution in [0, 0.1) is 0 Å². The second-order valence-electron chi connectivity index (χ2n) is 5.60. The summed E-state index contributed by atoms with van der Waals surface area (Å²) in [4.78, 5) is 28.9. The number of ether oxygens (including phenoxy) is 1. The lowest BCUT2D eigenvalue weighted by atomic mass is 10.2. The Labute approximate surface area is 145 Å². The summed E-state index contributed by atoms with van der Waals surface area (Å²) in [5.41, 5.74) is 3.25. The minimum atomic E-state index is -0.390. The van der Waals surface area contributed by atoms with Gasteiger partial charge in [-0.25, -0.2) is 9.66 Å². The molecular weight excluding hydrogens is 318 g/mol. The van der Waals surface area contributed by atoms with Crippen LogP contribution in [0.4, 0.5) is 0 Å². The molecular formula is C19H19N3O3. The summed E-state index contributed by atoms with van der Waals surface area (Å²) in [7, 11) is 0. The van der Waals surface area contributed by atoms with Gasteiger partial charge in [-0.2, -0.15) is 0 Å². The minimum Gasteiger partial charge on any atom is -0.494 e. The fourth-order valence-electron chi connectivity index (χ4n) is 2.36. The SMILES string of the molecule is CCCCOc1ccc(C(=O)Nn2cnc3ccccc3c2=O)cc1. The number of carbonyl (C=O) groups is 1. The van der Waals surface area contributed by atoms with Gasteiger partial charge in [-0.15, -0.1) is 0 Å². The molecule has 1 amide bonds. The van der Waals surface area contributed by atoms with Gasteiger partial charge in [-0.1, -0.05) is 25.5 Å². The van der Waals surface area contributed by atoms with E-state index in [1.165, 1.54) is 6.33 Å². The number of amides is 1. The summed E-state index contributed by atoms with van der Waals surface area (Å²) < 4.78 is 6.66. The molecule has 2 aromatic carbocycles. The highest BCUT2D eigenvalue weighted by molar-refractivity contribution is 6.00. The molecule has 1 aromatic heterocycles. The summed E-state index contributed by atoms with van der Waals surface area (Å²) >= 11 is 0. The summed E-state index contributed by atoms with van der Waals surface area (Å²) in [6.07, 6.45) is 3.36. The Bertz CT molecular complexity index is 933. The quantitative estimate of drug-likeness (QED) is 0.702. The molecule has 1 heterocycles. The van der Waals surface area contributed by atoms with Crippen LogP contribution in [0.15, 0.2) is 59.7 Å². The van der Waals surface area contributed by atoms with E-state index < -0.39 is 0 Å². The predicted molar refractivity (Wildman–Crippen MR) is 96.5 cm³/mol. The molecule has 0 atom stereocenters. The highest BCUT2D eigenvalue weighted by Gasteiger charge is 2.09. The largest absolute Gasteiger partial charge is 0.494 e. The van der Waals surface area contributed by atoms with Crippen molar-refractivity contribution in [2.75, 3.05) is 12.0 Å². The van der Waals surface area contributed by atoms with Gasteiger partial charge in [-0.05, 0) is 42.8 Å². The van der Waals surface area contributed by atoms with E-state index in [-0.39, 0.29) is 11.5 Å². The second-order valence-corrected chi connectivity index (χ2v) is 5.60. The maximum atomic E-state index is 12.4. The average molecular weight is 337 g/mol. The molecule has 0 saturated carbocycles. The van der Waals surface area contributed by atoms with Gasteiger partial charge >= 0.3 is 0 Å². The first-order valence-corrected chi connectivity index (χ1v) is 8.19. The Morgan fingerprint density at radius 1 is 1.16 bits per heavy atom. The topological polar surface area (TPSA) is 73.2 Å². The van der Waals surface area contributed by atoms with Crippen molar-refractivity contribution >= 4 is 16.8 Å². The number of nitrogens with one attached hydrogen (secondary N) is 1. The third-order valence-corrected chi connectivity index (χ3v) is 3.77. The van der Waals surface area contributed by atoms with Crippen molar-refractivity contribution in [2.45, 2.75) is 19.8 Å². The standard InChI is InChI=1S/C19H19N3O3/c1-2-3-12-25-15-10-8-14(9-11-15)18(23)21-22-13-20-17-7-5-4-6-16(17)19(22)24/h4-11,13H,2-3,12H2,1H3,(H,21,23). The van der Waals surface area contributed by atoms with Crippen LogP contribution in [-0.2, 0) is 0 Å². The van der Waals surface area contributed by atoms with Crippen molar-refractivity contribution in [1.29, 1.82) is 0 Å². The number of para-hydroxylation sites is 1. The molecule has 0 aliphatic rings. The molecule has 25 heavy (non-hydrogen) atoms. The second kappa shape index (κ2) is 7.61. The number of carbonyl (C=O) groups excluding carboxylic acids is 1. The molecule has 6 nitrogen and oxygen atoms in total. The summed E-state index contributed by atoms with van der Waals surface area (Å²) in [6.45, 7) is 2.75. The Hall–Kier alpha value is -3.15.